The molecule has 88 valence electrons. The van der Waals surface area contributed by atoms with Gasteiger partial charge in [-0.05, 0) is 42.3 Å². The standard InChI is InChI=1S/C14H15NO2/c1-10-6-7-15-13(8-10)14(17)9-11-2-4-12(16)5-3-11/h2-8,14,16-17H,9H2,1H3. The predicted octanol–water partition coefficient (Wildman–Crippen LogP) is 2.37. The maximum Gasteiger partial charge on any atom is 0.115 e. The highest BCUT2D eigenvalue weighted by Crippen LogP contribution is 2.18. The fraction of sp³-hybridized carbons (Fsp3) is 0.214. The fourth-order valence-electron chi connectivity index (χ4n) is 1.70. The van der Waals surface area contributed by atoms with Gasteiger partial charge in [-0.3, -0.25) is 4.98 Å². The molecular formula is C14H15NO2. The lowest BCUT2D eigenvalue weighted by Gasteiger charge is -2.10. The van der Waals surface area contributed by atoms with Crippen molar-refractivity contribution in [1.29, 1.82) is 0 Å². The normalized spacial score (nSPS) is 12.4. The molecule has 1 atom stereocenters. The number of nitrogens with zero attached hydrogens (tertiary/aromatic N) is 1. The number of pyridine rings is 1. The maximum absolute atomic E-state index is 10.0. The Balaban J connectivity index is 2.11. The molecule has 0 aliphatic carbocycles. The summed E-state index contributed by atoms with van der Waals surface area (Å²) in [5.41, 5.74) is 2.73. The van der Waals surface area contributed by atoms with E-state index in [-0.39, 0.29) is 5.75 Å². The molecule has 2 N–H and O–H groups in total. The Morgan fingerprint density at radius 2 is 1.88 bits per heavy atom. The number of phenolic OH excluding ortho intramolecular Hbond substituents is 1. The highest BCUT2D eigenvalue weighted by atomic mass is 16.3. The van der Waals surface area contributed by atoms with E-state index in [4.69, 9.17) is 5.11 Å². The van der Waals surface area contributed by atoms with Crippen molar-refractivity contribution in [2.75, 3.05) is 0 Å². The second-order valence-electron chi connectivity index (χ2n) is 4.14. The van der Waals surface area contributed by atoms with Crippen molar-refractivity contribution in [3.63, 3.8) is 0 Å². The minimum absolute atomic E-state index is 0.233. The van der Waals surface area contributed by atoms with Crippen LogP contribution in [-0.4, -0.2) is 15.2 Å². The van der Waals surface area contributed by atoms with Crippen LogP contribution < -0.4 is 0 Å². The number of hydrogen-bond donors (Lipinski definition) is 2. The average molecular weight is 229 g/mol. The third-order valence-electron chi connectivity index (χ3n) is 2.64. The van der Waals surface area contributed by atoms with E-state index in [1.165, 1.54) is 0 Å². The molecule has 0 fully saturated rings. The van der Waals surface area contributed by atoms with Crippen molar-refractivity contribution < 1.29 is 10.2 Å². The van der Waals surface area contributed by atoms with Gasteiger partial charge in [0.2, 0.25) is 0 Å². The van der Waals surface area contributed by atoms with Crippen molar-refractivity contribution >= 4 is 0 Å². The molecule has 3 heteroatoms. The monoisotopic (exact) mass is 229 g/mol. The first-order valence-corrected chi connectivity index (χ1v) is 5.53. The summed E-state index contributed by atoms with van der Waals surface area (Å²) in [6, 6.07) is 10.6. The molecule has 0 aliphatic rings. The van der Waals surface area contributed by atoms with E-state index in [9.17, 15) is 5.11 Å². The number of hydrogen-bond acceptors (Lipinski definition) is 3. The zero-order valence-corrected chi connectivity index (χ0v) is 9.67. The van der Waals surface area contributed by atoms with Crippen molar-refractivity contribution in [3.05, 3.63) is 59.4 Å². The van der Waals surface area contributed by atoms with Crippen LogP contribution in [0.1, 0.15) is 22.9 Å². The molecule has 0 bridgehead atoms. The number of rotatable bonds is 3. The molecule has 3 nitrogen and oxygen atoms in total. The van der Waals surface area contributed by atoms with Gasteiger partial charge in [-0.15, -0.1) is 0 Å². The second-order valence-corrected chi connectivity index (χ2v) is 4.14. The number of aryl methyl sites for hydroxylation is 1. The van der Waals surface area contributed by atoms with Gasteiger partial charge in [-0.2, -0.15) is 0 Å². The summed E-state index contributed by atoms with van der Waals surface area (Å²) in [7, 11) is 0. The van der Waals surface area contributed by atoms with E-state index in [2.05, 4.69) is 4.98 Å². The molecule has 0 saturated heterocycles. The molecule has 1 heterocycles. The molecule has 0 amide bonds. The van der Waals surface area contributed by atoms with Gasteiger partial charge in [0.15, 0.2) is 0 Å². The molecule has 0 spiro atoms. The molecular weight excluding hydrogens is 214 g/mol. The van der Waals surface area contributed by atoms with E-state index in [1.54, 1.807) is 30.5 Å². The van der Waals surface area contributed by atoms with Gasteiger partial charge in [0, 0.05) is 12.6 Å². The smallest absolute Gasteiger partial charge is 0.115 e. The third-order valence-corrected chi connectivity index (χ3v) is 2.64. The van der Waals surface area contributed by atoms with Crippen molar-refractivity contribution in [2.24, 2.45) is 0 Å². The number of aromatic nitrogens is 1. The molecule has 0 radical (unpaired) electrons. The Kier molecular flexibility index (Phi) is 3.40. The summed E-state index contributed by atoms with van der Waals surface area (Å²) in [5, 5.41) is 19.2. The van der Waals surface area contributed by atoms with Crippen molar-refractivity contribution in [3.8, 4) is 5.75 Å². The molecule has 0 saturated carbocycles. The minimum Gasteiger partial charge on any atom is -0.508 e. The van der Waals surface area contributed by atoms with Gasteiger partial charge >= 0.3 is 0 Å². The summed E-state index contributed by atoms with van der Waals surface area (Å²) in [4.78, 5) is 4.15. The second kappa shape index (κ2) is 4.97. The SMILES string of the molecule is Cc1ccnc(C(O)Cc2ccc(O)cc2)c1. The van der Waals surface area contributed by atoms with Gasteiger partial charge in [-0.1, -0.05) is 12.1 Å². The van der Waals surface area contributed by atoms with Crippen molar-refractivity contribution in [1.82, 2.24) is 4.98 Å². The summed E-state index contributed by atoms with van der Waals surface area (Å²) in [6.45, 7) is 1.97. The minimum atomic E-state index is -0.612. The molecule has 1 unspecified atom stereocenters. The zero-order valence-electron chi connectivity index (χ0n) is 9.67. The van der Waals surface area contributed by atoms with Crippen LogP contribution in [0.4, 0.5) is 0 Å². The van der Waals surface area contributed by atoms with E-state index in [0.717, 1.165) is 11.1 Å². The number of aliphatic hydroxyl groups is 1. The predicted molar refractivity (Wildman–Crippen MR) is 65.7 cm³/mol. The van der Waals surface area contributed by atoms with Crippen LogP contribution >= 0.6 is 0 Å². The maximum atomic E-state index is 10.0. The highest BCUT2D eigenvalue weighted by Gasteiger charge is 2.09. The van der Waals surface area contributed by atoms with Crippen LogP contribution in [0.15, 0.2) is 42.6 Å². The summed E-state index contributed by atoms with van der Waals surface area (Å²) in [6.07, 6.45) is 1.58. The van der Waals surface area contributed by atoms with Crippen LogP contribution in [0.2, 0.25) is 0 Å². The topological polar surface area (TPSA) is 53.4 Å². The van der Waals surface area contributed by atoms with Gasteiger partial charge < -0.3 is 10.2 Å². The van der Waals surface area contributed by atoms with Crippen LogP contribution in [0, 0.1) is 6.92 Å². The van der Waals surface area contributed by atoms with E-state index in [0.29, 0.717) is 12.1 Å². The van der Waals surface area contributed by atoms with Crippen LogP contribution in [0.3, 0.4) is 0 Å². The summed E-state index contributed by atoms with van der Waals surface area (Å²) in [5.74, 6) is 0.233. The Morgan fingerprint density at radius 3 is 2.53 bits per heavy atom. The Morgan fingerprint density at radius 1 is 1.18 bits per heavy atom. The first kappa shape index (κ1) is 11.6. The van der Waals surface area contributed by atoms with Crippen LogP contribution in [0.25, 0.3) is 0 Å². The molecule has 17 heavy (non-hydrogen) atoms. The summed E-state index contributed by atoms with van der Waals surface area (Å²) >= 11 is 0. The van der Waals surface area contributed by atoms with Crippen molar-refractivity contribution in [2.45, 2.75) is 19.4 Å². The largest absolute Gasteiger partial charge is 0.508 e. The first-order chi connectivity index (χ1) is 8.15. The zero-order chi connectivity index (χ0) is 12.3. The molecule has 0 aliphatic heterocycles. The quantitative estimate of drug-likeness (QED) is 0.849. The molecule has 1 aromatic carbocycles. The third kappa shape index (κ3) is 3.04. The summed E-state index contributed by atoms with van der Waals surface area (Å²) < 4.78 is 0. The number of aromatic hydroxyl groups is 1. The van der Waals surface area contributed by atoms with E-state index in [1.807, 2.05) is 19.1 Å². The fourth-order valence-corrected chi connectivity index (χ4v) is 1.70. The Hall–Kier alpha value is -1.87. The Bertz CT molecular complexity index is 494. The number of phenols is 1. The lowest BCUT2D eigenvalue weighted by Crippen LogP contribution is -2.04. The van der Waals surface area contributed by atoms with Crippen LogP contribution in [0.5, 0.6) is 5.75 Å². The van der Waals surface area contributed by atoms with Crippen LogP contribution in [-0.2, 0) is 6.42 Å². The van der Waals surface area contributed by atoms with Gasteiger partial charge in [0.25, 0.3) is 0 Å². The van der Waals surface area contributed by atoms with E-state index >= 15 is 0 Å². The molecule has 2 rings (SSSR count). The number of aliphatic hydroxyl groups excluding tert-OH is 1. The van der Waals surface area contributed by atoms with Gasteiger partial charge in [0.05, 0.1) is 11.8 Å². The molecule has 1 aromatic heterocycles. The highest BCUT2D eigenvalue weighted by molar-refractivity contribution is 5.27. The average Bonchev–Trinajstić information content (AvgIpc) is 2.32. The molecule has 2 aromatic rings. The Labute approximate surface area is 100 Å². The number of benzene rings is 1. The van der Waals surface area contributed by atoms with Gasteiger partial charge in [0.1, 0.15) is 5.75 Å². The first-order valence-electron chi connectivity index (χ1n) is 5.53. The van der Waals surface area contributed by atoms with E-state index < -0.39 is 6.10 Å². The van der Waals surface area contributed by atoms with Gasteiger partial charge in [-0.25, -0.2) is 0 Å². The lowest BCUT2D eigenvalue weighted by molar-refractivity contribution is 0.173. The lowest BCUT2D eigenvalue weighted by atomic mass is 10.0.